The Morgan fingerprint density at radius 3 is 2.76 bits per heavy atom. The van der Waals surface area contributed by atoms with Crippen LogP contribution in [0, 0.1) is 0 Å². The topological polar surface area (TPSA) is 49.2 Å². The molecule has 0 fully saturated rings. The van der Waals surface area contributed by atoms with Gasteiger partial charge < -0.3 is 9.47 Å². The van der Waals surface area contributed by atoms with Gasteiger partial charge in [-0.3, -0.25) is 9.67 Å². The second kappa shape index (κ2) is 5.92. The van der Waals surface area contributed by atoms with Crippen molar-refractivity contribution in [1.29, 1.82) is 0 Å². The highest BCUT2D eigenvalue weighted by atomic mass is 16.5. The monoisotopic (exact) mass is 333 g/mol. The van der Waals surface area contributed by atoms with Gasteiger partial charge in [-0.25, -0.2) is 0 Å². The third-order valence-corrected chi connectivity index (χ3v) is 4.78. The molecule has 2 aliphatic rings. The van der Waals surface area contributed by atoms with Crippen molar-refractivity contribution in [2.75, 3.05) is 13.2 Å². The average molecular weight is 333 g/mol. The van der Waals surface area contributed by atoms with Gasteiger partial charge in [-0.15, -0.1) is 0 Å². The van der Waals surface area contributed by atoms with Crippen LogP contribution < -0.4 is 9.47 Å². The molecule has 2 aromatic heterocycles. The van der Waals surface area contributed by atoms with Crippen LogP contribution in [0.5, 0.6) is 11.5 Å². The van der Waals surface area contributed by atoms with Crippen LogP contribution in [-0.4, -0.2) is 28.0 Å². The van der Waals surface area contributed by atoms with E-state index in [1.165, 1.54) is 11.3 Å². The van der Waals surface area contributed by atoms with Crippen molar-refractivity contribution in [3.8, 4) is 34.0 Å². The van der Waals surface area contributed by atoms with Gasteiger partial charge in [0.2, 0.25) is 0 Å². The smallest absolute Gasteiger partial charge is 0.161 e. The summed E-state index contributed by atoms with van der Waals surface area (Å²) in [6, 6.07) is 12.2. The van der Waals surface area contributed by atoms with Crippen molar-refractivity contribution in [3.63, 3.8) is 0 Å². The zero-order valence-corrected chi connectivity index (χ0v) is 13.9. The lowest BCUT2D eigenvalue weighted by Gasteiger charge is -2.10. The van der Waals surface area contributed by atoms with Crippen LogP contribution in [0.4, 0.5) is 0 Å². The summed E-state index contributed by atoms with van der Waals surface area (Å²) in [5, 5.41) is 4.85. The molecule has 0 aliphatic carbocycles. The molecule has 0 unspecified atom stereocenters. The van der Waals surface area contributed by atoms with Crippen molar-refractivity contribution in [1.82, 2.24) is 14.8 Å². The van der Waals surface area contributed by atoms with Gasteiger partial charge in [-0.05, 0) is 42.7 Å². The summed E-state index contributed by atoms with van der Waals surface area (Å²) < 4.78 is 13.8. The fourth-order valence-corrected chi connectivity index (χ4v) is 3.64. The number of hydrogen-bond acceptors (Lipinski definition) is 4. The van der Waals surface area contributed by atoms with E-state index in [0.29, 0.717) is 13.2 Å². The Labute approximate surface area is 146 Å². The molecule has 0 saturated carbocycles. The van der Waals surface area contributed by atoms with Crippen LogP contribution >= 0.6 is 0 Å². The van der Waals surface area contributed by atoms with Crippen molar-refractivity contribution in [2.45, 2.75) is 25.8 Å². The van der Waals surface area contributed by atoms with Gasteiger partial charge in [0.05, 0.1) is 18.9 Å². The molecule has 1 aromatic carbocycles. The minimum atomic E-state index is 0.690. The molecule has 5 rings (SSSR count). The Hall–Kier alpha value is -2.82. The number of aryl methyl sites for hydroxylation is 1. The average Bonchev–Trinajstić information content (AvgIpc) is 3.16. The Bertz CT molecular complexity index is 918. The van der Waals surface area contributed by atoms with E-state index in [2.05, 4.69) is 21.8 Å². The van der Waals surface area contributed by atoms with Gasteiger partial charge in [-0.1, -0.05) is 12.1 Å². The molecule has 3 aromatic rings. The SMILES string of the molecule is c1ccc(-c2nn3c(c2-c2ccc4c(c2)OCCCO4)CCC3)nc1. The number of benzene rings is 1. The number of fused-ring (bicyclic) bond motifs is 2. The molecular formula is C20H19N3O2. The molecule has 126 valence electrons. The standard InChI is InChI=1S/C20H19N3O2/c1-2-9-21-15(5-1)20-19(16-6-3-10-23(16)22-20)14-7-8-17-18(13-14)25-12-4-11-24-17/h1-2,5,7-9,13H,3-4,6,10-12H2. The predicted molar refractivity (Wildman–Crippen MR) is 94.8 cm³/mol. The lowest BCUT2D eigenvalue weighted by molar-refractivity contribution is 0.297. The number of nitrogens with zero attached hydrogens (tertiary/aromatic N) is 3. The minimum absolute atomic E-state index is 0.690. The summed E-state index contributed by atoms with van der Waals surface area (Å²) >= 11 is 0. The maximum absolute atomic E-state index is 5.88. The number of aromatic nitrogens is 3. The van der Waals surface area contributed by atoms with Gasteiger partial charge in [-0.2, -0.15) is 5.10 Å². The lowest BCUT2D eigenvalue weighted by atomic mass is 9.99. The van der Waals surface area contributed by atoms with Crippen LogP contribution in [0.15, 0.2) is 42.6 Å². The summed E-state index contributed by atoms with van der Waals surface area (Å²) in [5.74, 6) is 1.64. The number of pyridine rings is 1. The first-order chi connectivity index (χ1) is 12.4. The fraction of sp³-hybridized carbons (Fsp3) is 0.300. The van der Waals surface area contributed by atoms with E-state index in [4.69, 9.17) is 14.6 Å². The lowest BCUT2D eigenvalue weighted by Crippen LogP contribution is -1.97. The maximum Gasteiger partial charge on any atom is 0.161 e. The molecule has 0 bridgehead atoms. The molecule has 5 heteroatoms. The summed E-state index contributed by atoms with van der Waals surface area (Å²) in [5.41, 5.74) is 5.44. The molecule has 0 atom stereocenters. The van der Waals surface area contributed by atoms with E-state index >= 15 is 0 Å². The zero-order valence-electron chi connectivity index (χ0n) is 13.9. The molecule has 0 spiro atoms. The zero-order chi connectivity index (χ0) is 16.6. The van der Waals surface area contributed by atoms with Gasteiger partial charge in [0.15, 0.2) is 11.5 Å². The highest BCUT2D eigenvalue weighted by Gasteiger charge is 2.25. The van der Waals surface area contributed by atoms with E-state index in [9.17, 15) is 0 Å². The van der Waals surface area contributed by atoms with Crippen LogP contribution in [0.25, 0.3) is 22.5 Å². The number of hydrogen-bond donors (Lipinski definition) is 0. The maximum atomic E-state index is 5.88. The van der Waals surface area contributed by atoms with Crippen LogP contribution in [0.3, 0.4) is 0 Å². The molecule has 0 radical (unpaired) electrons. The quantitative estimate of drug-likeness (QED) is 0.717. The molecule has 5 nitrogen and oxygen atoms in total. The largest absolute Gasteiger partial charge is 0.490 e. The summed E-state index contributed by atoms with van der Waals surface area (Å²) in [7, 11) is 0. The van der Waals surface area contributed by atoms with Crippen LogP contribution in [0.2, 0.25) is 0 Å². The molecule has 25 heavy (non-hydrogen) atoms. The number of rotatable bonds is 2. The van der Waals surface area contributed by atoms with Crippen LogP contribution in [-0.2, 0) is 13.0 Å². The molecule has 0 N–H and O–H groups in total. The van der Waals surface area contributed by atoms with E-state index in [1.54, 1.807) is 0 Å². The Morgan fingerprint density at radius 1 is 0.960 bits per heavy atom. The minimum Gasteiger partial charge on any atom is -0.490 e. The highest BCUT2D eigenvalue weighted by Crippen LogP contribution is 2.40. The van der Waals surface area contributed by atoms with Gasteiger partial charge in [0.25, 0.3) is 0 Å². The third-order valence-electron chi connectivity index (χ3n) is 4.78. The molecular weight excluding hydrogens is 314 g/mol. The molecule has 2 aliphatic heterocycles. The summed E-state index contributed by atoms with van der Waals surface area (Å²) in [4.78, 5) is 4.52. The van der Waals surface area contributed by atoms with E-state index in [0.717, 1.165) is 54.3 Å². The van der Waals surface area contributed by atoms with Crippen molar-refractivity contribution < 1.29 is 9.47 Å². The molecule has 4 heterocycles. The first kappa shape index (κ1) is 14.5. The van der Waals surface area contributed by atoms with E-state index in [-0.39, 0.29) is 0 Å². The Morgan fingerprint density at radius 2 is 1.88 bits per heavy atom. The third kappa shape index (κ3) is 2.47. The van der Waals surface area contributed by atoms with E-state index in [1.807, 2.05) is 30.5 Å². The van der Waals surface area contributed by atoms with Crippen molar-refractivity contribution in [3.05, 3.63) is 48.3 Å². The first-order valence-corrected chi connectivity index (χ1v) is 8.81. The Kier molecular flexibility index (Phi) is 3.44. The van der Waals surface area contributed by atoms with E-state index < -0.39 is 0 Å². The number of ether oxygens (including phenoxy) is 2. The highest BCUT2D eigenvalue weighted by molar-refractivity contribution is 5.82. The second-order valence-electron chi connectivity index (χ2n) is 6.42. The van der Waals surface area contributed by atoms with Gasteiger partial charge in [0.1, 0.15) is 5.69 Å². The van der Waals surface area contributed by atoms with Crippen molar-refractivity contribution >= 4 is 0 Å². The van der Waals surface area contributed by atoms with Crippen molar-refractivity contribution in [2.24, 2.45) is 0 Å². The molecule has 0 saturated heterocycles. The molecule has 0 amide bonds. The summed E-state index contributed by atoms with van der Waals surface area (Å²) in [6.07, 6.45) is 4.91. The van der Waals surface area contributed by atoms with Gasteiger partial charge in [0, 0.05) is 30.4 Å². The summed E-state index contributed by atoms with van der Waals surface area (Å²) in [6.45, 7) is 2.37. The Balaban J connectivity index is 1.68. The predicted octanol–water partition coefficient (Wildman–Crippen LogP) is 3.72. The second-order valence-corrected chi connectivity index (χ2v) is 6.42. The normalized spacial score (nSPS) is 15.7. The van der Waals surface area contributed by atoms with Gasteiger partial charge >= 0.3 is 0 Å². The first-order valence-electron chi connectivity index (χ1n) is 8.81. The fourth-order valence-electron chi connectivity index (χ4n) is 3.64. The van der Waals surface area contributed by atoms with Crippen LogP contribution in [0.1, 0.15) is 18.5 Å².